The molecule has 5 nitrogen and oxygen atoms in total. The van der Waals surface area contributed by atoms with Crippen molar-refractivity contribution in [1.29, 1.82) is 0 Å². The lowest BCUT2D eigenvalue weighted by molar-refractivity contribution is -0.0604. The Morgan fingerprint density at radius 2 is 1.96 bits per heavy atom. The molecule has 6 heteroatoms. The summed E-state index contributed by atoms with van der Waals surface area (Å²) in [6.45, 7) is 12.1. The molecule has 1 amide bonds. The SMILES string of the molecule is C=C(OCC)c1ccc(C2(O)CC3CCC(C2)N3C(=O)OC(C)(C)C)s1. The van der Waals surface area contributed by atoms with Crippen LogP contribution in [0.25, 0.3) is 5.76 Å². The van der Waals surface area contributed by atoms with Gasteiger partial charge < -0.3 is 19.5 Å². The van der Waals surface area contributed by atoms with Crippen molar-refractivity contribution in [1.82, 2.24) is 4.90 Å². The van der Waals surface area contributed by atoms with Crippen LogP contribution >= 0.6 is 11.3 Å². The number of carbonyl (C=O) groups is 1. The lowest BCUT2D eigenvalue weighted by atomic mass is 9.85. The summed E-state index contributed by atoms with van der Waals surface area (Å²) in [5.41, 5.74) is -1.41. The molecule has 0 aliphatic carbocycles. The summed E-state index contributed by atoms with van der Waals surface area (Å²) in [5.74, 6) is 0.640. The van der Waals surface area contributed by atoms with Gasteiger partial charge in [-0.1, -0.05) is 6.58 Å². The highest BCUT2D eigenvalue weighted by molar-refractivity contribution is 7.13. The van der Waals surface area contributed by atoms with Gasteiger partial charge in [-0.3, -0.25) is 0 Å². The number of rotatable bonds is 4. The van der Waals surface area contributed by atoms with Crippen LogP contribution in [0.2, 0.25) is 0 Å². The molecule has 2 fully saturated rings. The fourth-order valence-corrected chi connectivity index (χ4v) is 5.06. The number of nitrogens with zero attached hydrogens (tertiary/aromatic N) is 1. The summed E-state index contributed by atoms with van der Waals surface area (Å²) in [7, 11) is 0. The van der Waals surface area contributed by atoms with Gasteiger partial charge in [0, 0.05) is 29.8 Å². The molecule has 3 rings (SSSR count). The lowest BCUT2D eigenvalue weighted by Gasteiger charge is -2.43. The van der Waals surface area contributed by atoms with E-state index in [0.717, 1.165) is 22.6 Å². The first kappa shape index (κ1) is 19.2. The van der Waals surface area contributed by atoms with E-state index in [-0.39, 0.29) is 18.2 Å². The van der Waals surface area contributed by atoms with Crippen LogP contribution in [-0.4, -0.2) is 40.4 Å². The molecule has 2 unspecified atom stereocenters. The number of aliphatic hydroxyl groups is 1. The molecule has 1 aromatic rings. The van der Waals surface area contributed by atoms with Crippen LogP contribution in [0.15, 0.2) is 18.7 Å². The number of hydrogen-bond donors (Lipinski definition) is 1. The van der Waals surface area contributed by atoms with Gasteiger partial charge in [0.25, 0.3) is 0 Å². The van der Waals surface area contributed by atoms with Crippen LogP contribution in [0.4, 0.5) is 4.79 Å². The number of thiophene rings is 1. The Balaban J connectivity index is 1.75. The van der Waals surface area contributed by atoms with Crippen LogP contribution in [0.1, 0.15) is 63.1 Å². The van der Waals surface area contributed by atoms with E-state index in [1.54, 1.807) is 0 Å². The number of hydrogen-bond acceptors (Lipinski definition) is 5. The molecule has 144 valence electrons. The summed E-state index contributed by atoms with van der Waals surface area (Å²) in [5, 5.41) is 11.3. The van der Waals surface area contributed by atoms with Crippen molar-refractivity contribution in [2.24, 2.45) is 0 Å². The molecule has 2 bridgehead atoms. The molecule has 3 heterocycles. The normalized spacial score (nSPS) is 28.1. The van der Waals surface area contributed by atoms with Crippen molar-refractivity contribution in [3.8, 4) is 0 Å². The molecule has 0 radical (unpaired) electrons. The van der Waals surface area contributed by atoms with Gasteiger partial charge in [0.2, 0.25) is 0 Å². The summed E-state index contributed by atoms with van der Waals surface area (Å²) in [6, 6.07) is 3.97. The summed E-state index contributed by atoms with van der Waals surface area (Å²) in [6.07, 6.45) is 2.66. The number of fused-ring (bicyclic) bond motifs is 2. The molecule has 2 aliphatic rings. The van der Waals surface area contributed by atoms with E-state index in [4.69, 9.17) is 9.47 Å². The molecule has 2 aliphatic heterocycles. The zero-order valence-corrected chi connectivity index (χ0v) is 16.9. The first-order valence-electron chi connectivity index (χ1n) is 9.29. The number of amides is 1. The zero-order valence-electron chi connectivity index (χ0n) is 16.1. The predicted octanol–water partition coefficient (Wildman–Crippen LogP) is 4.50. The van der Waals surface area contributed by atoms with Crippen molar-refractivity contribution in [3.05, 3.63) is 28.5 Å². The maximum atomic E-state index is 12.6. The molecule has 2 atom stereocenters. The van der Waals surface area contributed by atoms with Crippen molar-refractivity contribution in [2.45, 2.75) is 76.7 Å². The van der Waals surface area contributed by atoms with Gasteiger partial charge in [-0.2, -0.15) is 0 Å². The van der Waals surface area contributed by atoms with E-state index >= 15 is 0 Å². The monoisotopic (exact) mass is 379 g/mol. The molecule has 1 aromatic heterocycles. The van der Waals surface area contributed by atoms with E-state index in [2.05, 4.69) is 6.58 Å². The summed E-state index contributed by atoms with van der Waals surface area (Å²) >= 11 is 1.53. The Bertz CT molecular complexity index is 676. The van der Waals surface area contributed by atoms with Gasteiger partial charge in [0.05, 0.1) is 11.5 Å². The molecule has 2 saturated heterocycles. The zero-order chi connectivity index (χ0) is 19.1. The molecule has 0 spiro atoms. The van der Waals surface area contributed by atoms with E-state index in [1.807, 2.05) is 44.7 Å². The Morgan fingerprint density at radius 1 is 1.35 bits per heavy atom. The maximum absolute atomic E-state index is 12.6. The van der Waals surface area contributed by atoms with Gasteiger partial charge in [-0.05, 0) is 52.7 Å². The van der Waals surface area contributed by atoms with Crippen LogP contribution in [0.3, 0.4) is 0 Å². The Hall–Kier alpha value is -1.53. The average molecular weight is 380 g/mol. The second-order valence-corrected chi connectivity index (χ2v) is 9.32. The molecule has 0 saturated carbocycles. The van der Waals surface area contributed by atoms with E-state index in [1.165, 1.54) is 11.3 Å². The van der Waals surface area contributed by atoms with Crippen molar-refractivity contribution in [3.63, 3.8) is 0 Å². The van der Waals surface area contributed by atoms with Gasteiger partial charge in [0.15, 0.2) is 0 Å². The Labute approximate surface area is 159 Å². The molecular formula is C20H29NO4S. The highest BCUT2D eigenvalue weighted by atomic mass is 32.1. The van der Waals surface area contributed by atoms with Crippen LogP contribution in [0.5, 0.6) is 0 Å². The van der Waals surface area contributed by atoms with Crippen LogP contribution in [-0.2, 0) is 15.1 Å². The minimum atomic E-state index is -0.903. The van der Waals surface area contributed by atoms with Gasteiger partial charge in [-0.25, -0.2) is 4.79 Å². The van der Waals surface area contributed by atoms with Crippen molar-refractivity contribution >= 4 is 23.2 Å². The Morgan fingerprint density at radius 3 is 2.50 bits per heavy atom. The van der Waals surface area contributed by atoms with Gasteiger partial charge in [-0.15, -0.1) is 11.3 Å². The summed E-state index contributed by atoms with van der Waals surface area (Å²) < 4.78 is 11.1. The van der Waals surface area contributed by atoms with Gasteiger partial charge >= 0.3 is 6.09 Å². The number of ether oxygens (including phenoxy) is 2. The smallest absolute Gasteiger partial charge is 0.410 e. The first-order chi connectivity index (χ1) is 12.1. The lowest BCUT2D eigenvalue weighted by Crippen LogP contribution is -2.52. The topological polar surface area (TPSA) is 59.0 Å². The first-order valence-corrected chi connectivity index (χ1v) is 10.1. The minimum absolute atomic E-state index is 0.0224. The van der Waals surface area contributed by atoms with Crippen LogP contribution in [0, 0.1) is 0 Å². The van der Waals surface area contributed by atoms with E-state index in [0.29, 0.717) is 25.2 Å². The fourth-order valence-electron chi connectivity index (χ4n) is 4.02. The molecule has 1 N–H and O–H groups in total. The summed E-state index contributed by atoms with van der Waals surface area (Å²) in [4.78, 5) is 16.3. The predicted molar refractivity (Wildman–Crippen MR) is 103 cm³/mol. The minimum Gasteiger partial charge on any atom is -0.493 e. The third kappa shape index (κ3) is 3.76. The quantitative estimate of drug-likeness (QED) is 0.782. The van der Waals surface area contributed by atoms with E-state index < -0.39 is 11.2 Å². The molecule has 26 heavy (non-hydrogen) atoms. The maximum Gasteiger partial charge on any atom is 0.410 e. The van der Waals surface area contributed by atoms with E-state index in [9.17, 15) is 9.90 Å². The fraction of sp³-hybridized carbons (Fsp3) is 0.650. The molecular weight excluding hydrogens is 350 g/mol. The highest BCUT2D eigenvalue weighted by Gasteiger charge is 2.51. The van der Waals surface area contributed by atoms with Crippen molar-refractivity contribution in [2.75, 3.05) is 6.61 Å². The van der Waals surface area contributed by atoms with Gasteiger partial charge in [0.1, 0.15) is 17.0 Å². The standard InChI is InChI=1S/C20H29NO4S/c1-6-24-13(2)16-9-10-17(26-16)20(23)11-14-7-8-15(12-20)21(14)18(22)25-19(3,4)5/h9-10,14-15,23H,2,6-8,11-12H2,1,3-5H3. The third-order valence-corrected chi connectivity index (χ3v) is 6.35. The van der Waals surface area contributed by atoms with Crippen molar-refractivity contribution < 1.29 is 19.4 Å². The van der Waals surface area contributed by atoms with Crippen LogP contribution < -0.4 is 0 Å². The second-order valence-electron chi connectivity index (χ2n) is 8.23. The number of carbonyl (C=O) groups excluding carboxylic acids is 1. The largest absolute Gasteiger partial charge is 0.493 e. The molecule has 0 aromatic carbocycles. The number of piperidine rings is 1. The Kier molecular flexibility index (Phi) is 5.10. The highest BCUT2D eigenvalue weighted by Crippen LogP contribution is 2.48. The third-order valence-electron chi connectivity index (χ3n) is 5.03. The average Bonchev–Trinajstić information content (AvgIpc) is 3.11. The second kappa shape index (κ2) is 6.89.